The molecule has 0 atom stereocenters. The first kappa shape index (κ1) is 25.4. The van der Waals surface area contributed by atoms with Crippen LogP contribution in [0.3, 0.4) is 0 Å². The highest BCUT2D eigenvalue weighted by Gasteiger charge is 2.23. The van der Waals surface area contributed by atoms with Crippen molar-refractivity contribution in [3.63, 3.8) is 0 Å². The Bertz CT molecular complexity index is 1610. The minimum absolute atomic E-state index is 0.0835. The molecule has 0 saturated carbocycles. The SMILES string of the molecule is CCOC(=O)c1c(NC(=O)/C(C#N)=C/c2cn(Cc3ccc(C#N)cc3)c3ccccc23)sc(C)c1C. The highest BCUT2D eigenvalue weighted by molar-refractivity contribution is 7.16. The Morgan fingerprint density at radius 1 is 1.11 bits per heavy atom. The maximum atomic E-state index is 13.1. The number of amides is 1. The largest absolute Gasteiger partial charge is 0.462 e. The van der Waals surface area contributed by atoms with Gasteiger partial charge in [0.25, 0.3) is 5.91 Å². The summed E-state index contributed by atoms with van der Waals surface area (Å²) in [4.78, 5) is 26.5. The summed E-state index contributed by atoms with van der Waals surface area (Å²) in [5, 5.41) is 22.9. The summed E-state index contributed by atoms with van der Waals surface area (Å²) < 4.78 is 7.20. The Morgan fingerprint density at radius 2 is 1.84 bits per heavy atom. The fraction of sp³-hybridized carbons (Fsp3) is 0.172. The smallest absolute Gasteiger partial charge is 0.341 e. The van der Waals surface area contributed by atoms with Crippen LogP contribution in [0.5, 0.6) is 0 Å². The van der Waals surface area contributed by atoms with Gasteiger partial charge in [-0.05, 0) is 56.2 Å². The van der Waals surface area contributed by atoms with Gasteiger partial charge in [-0.3, -0.25) is 4.79 Å². The van der Waals surface area contributed by atoms with E-state index in [1.807, 2.05) is 60.2 Å². The number of nitrogens with one attached hydrogen (secondary N) is 1. The number of aromatic nitrogens is 1. The van der Waals surface area contributed by atoms with Gasteiger partial charge < -0.3 is 14.6 Å². The molecule has 0 aliphatic carbocycles. The molecule has 7 nitrogen and oxygen atoms in total. The van der Waals surface area contributed by atoms with E-state index in [4.69, 9.17) is 10.00 Å². The lowest BCUT2D eigenvalue weighted by Gasteiger charge is -2.06. The van der Waals surface area contributed by atoms with Gasteiger partial charge in [0, 0.05) is 34.1 Å². The van der Waals surface area contributed by atoms with E-state index >= 15 is 0 Å². The standard InChI is InChI=1S/C29H24N4O3S/c1-4-36-29(35)26-18(2)19(3)37-28(26)32-27(34)22(15-31)13-23-17-33(25-8-6-5-7-24(23)25)16-21-11-9-20(14-30)10-12-21/h5-13,17H,4,16H2,1-3H3,(H,32,34)/b22-13+. The minimum atomic E-state index is -0.599. The number of para-hydroxylation sites is 1. The van der Waals surface area contributed by atoms with Crippen LogP contribution in [0.4, 0.5) is 5.00 Å². The van der Waals surface area contributed by atoms with Crippen LogP contribution in [-0.2, 0) is 16.1 Å². The molecule has 4 rings (SSSR count). The van der Waals surface area contributed by atoms with Crippen LogP contribution in [0.25, 0.3) is 17.0 Å². The maximum Gasteiger partial charge on any atom is 0.341 e. The maximum absolute atomic E-state index is 13.1. The molecule has 0 saturated heterocycles. The quantitative estimate of drug-likeness (QED) is 0.188. The highest BCUT2D eigenvalue weighted by atomic mass is 32.1. The molecule has 2 heterocycles. The van der Waals surface area contributed by atoms with Crippen molar-refractivity contribution >= 4 is 45.2 Å². The molecule has 0 unspecified atom stereocenters. The molecule has 1 amide bonds. The van der Waals surface area contributed by atoms with Crippen LogP contribution in [0.15, 0.2) is 60.3 Å². The first-order valence-electron chi connectivity index (χ1n) is 11.6. The topological polar surface area (TPSA) is 108 Å². The van der Waals surface area contributed by atoms with Crippen molar-refractivity contribution in [3.8, 4) is 12.1 Å². The second-order valence-electron chi connectivity index (χ2n) is 8.37. The van der Waals surface area contributed by atoms with Crippen molar-refractivity contribution in [1.82, 2.24) is 4.57 Å². The van der Waals surface area contributed by atoms with Crippen LogP contribution < -0.4 is 5.32 Å². The number of rotatable bonds is 7. The van der Waals surface area contributed by atoms with Crippen molar-refractivity contribution in [2.45, 2.75) is 27.3 Å². The molecule has 0 spiro atoms. The monoisotopic (exact) mass is 508 g/mol. The van der Waals surface area contributed by atoms with Gasteiger partial charge in [0.15, 0.2) is 0 Å². The molecular formula is C29H24N4O3S. The van der Waals surface area contributed by atoms with E-state index in [2.05, 4.69) is 11.4 Å². The van der Waals surface area contributed by atoms with Crippen LogP contribution in [-0.4, -0.2) is 23.1 Å². The number of ether oxygens (including phenoxy) is 1. The highest BCUT2D eigenvalue weighted by Crippen LogP contribution is 2.33. The van der Waals surface area contributed by atoms with Crippen LogP contribution in [0, 0.1) is 36.5 Å². The predicted molar refractivity (Wildman–Crippen MR) is 144 cm³/mol. The molecule has 0 radical (unpaired) electrons. The number of carbonyl (C=O) groups is 2. The van der Waals surface area contributed by atoms with Gasteiger partial charge in [0.1, 0.15) is 16.6 Å². The first-order valence-corrected chi connectivity index (χ1v) is 12.4. The molecule has 2 aromatic heterocycles. The summed E-state index contributed by atoms with van der Waals surface area (Å²) in [7, 11) is 0. The van der Waals surface area contributed by atoms with Gasteiger partial charge in [-0.2, -0.15) is 10.5 Å². The number of nitriles is 2. The van der Waals surface area contributed by atoms with Crippen LogP contribution in [0.2, 0.25) is 0 Å². The summed E-state index contributed by atoms with van der Waals surface area (Å²) in [6.45, 7) is 6.17. The molecule has 4 aromatic rings. The molecule has 1 N–H and O–H groups in total. The van der Waals surface area contributed by atoms with E-state index in [1.54, 1.807) is 32.1 Å². The van der Waals surface area contributed by atoms with Gasteiger partial charge in [0.05, 0.1) is 23.8 Å². The van der Waals surface area contributed by atoms with E-state index in [0.717, 1.165) is 32.5 Å². The summed E-state index contributed by atoms with van der Waals surface area (Å²) in [6.07, 6.45) is 3.46. The van der Waals surface area contributed by atoms with Crippen molar-refractivity contribution in [2.75, 3.05) is 11.9 Å². The summed E-state index contributed by atoms with van der Waals surface area (Å²) >= 11 is 1.27. The van der Waals surface area contributed by atoms with Gasteiger partial charge in [0.2, 0.25) is 0 Å². The van der Waals surface area contributed by atoms with Crippen LogP contribution >= 0.6 is 11.3 Å². The number of benzene rings is 2. The predicted octanol–water partition coefficient (Wildman–Crippen LogP) is 5.96. The number of hydrogen-bond acceptors (Lipinski definition) is 6. The van der Waals surface area contributed by atoms with Gasteiger partial charge in [-0.15, -0.1) is 11.3 Å². The number of nitrogens with zero attached hydrogens (tertiary/aromatic N) is 3. The van der Waals surface area contributed by atoms with Gasteiger partial charge >= 0.3 is 5.97 Å². The van der Waals surface area contributed by atoms with Crippen molar-refractivity contribution < 1.29 is 14.3 Å². The average Bonchev–Trinajstić information content (AvgIpc) is 3.38. The molecule has 37 heavy (non-hydrogen) atoms. The van der Waals surface area contributed by atoms with Crippen molar-refractivity contribution in [1.29, 1.82) is 10.5 Å². The number of thiophene rings is 1. The zero-order chi connectivity index (χ0) is 26.5. The normalized spacial score (nSPS) is 11.1. The third-order valence-corrected chi connectivity index (χ3v) is 7.13. The molecule has 0 aliphatic rings. The van der Waals surface area contributed by atoms with Crippen LogP contribution in [0.1, 0.15) is 44.4 Å². The van der Waals surface area contributed by atoms with Gasteiger partial charge in [-0.1, -0.05) is 30.3 Å². The molecule has 2 aromatic carbocycles. The Labute approximate surface area is 218 Å². The first-order chi connectivity index (χ1) is 17.9. The van der Waals surface area contributed by atoms with E-state index in [9.17, 15) is 14.9 Å². The van der Waals surface area contributed by atoms with Crippen molar-refractivity contribution in [2.24, 2.45) is 0 Å². The lowest BCUT2D eigenvalue weighted by molar-refractivity contribution is -0.112. The fourth-order valence-corrected chi connectivity index (χ4v) is 5.08. The number of hydrogen-bond donors (Lipinski definition) is 1. The number of esters is 1. The molecule has 0 fully saturated rings. The van der Waals surface area contributed by atoms with E-state index in [0.29, 0.717) is 22.7 Å². The molecule has 0 aliphatic heterocycles. The van der Waals surface area contributed by atoms with E-state index in [-0.39, 0.29) is 12.2 Å². The van der Waals surface area contributed by atoms with E-state index in [1.165, 1.54) is 11.3 Å². The Hall–Kier alpha value is -4.66. The Kier molecular flexibility index (Phi) is 7.52. The summed E-state index contributed by atoms with van der Waals surface area (Å²) in [6, 6.07) is 19.2. The van der Waals surface area contributed by atoms with Crippen molar-refractivity contribution in [3.05, 3.63) is 93.0 Å². The minimum Gasteiger partial charge on any atom is -0.462 e. The molecule has 0 bridgehead atoms. The average molecular weight is 509 g/mol. The third kappa shape index (κ3) is 5.30. The van der Waals surface area contributed by atoms with Gasteiger partial charge in [-0.25, -0.2) is 4.79 Å². The lowest BCUT2D eigenvalue weighted by atomic mass is 10.1. The molecule has 8 heteroatoms. The fourth-order valence-electron chi connectivity index (χ4n) is 4.04. The zero-order valence-electron chi connectivity index (χ0n) is 20.7. The summed E-state index contributed by atoms with van der Waals surface area (Å²) in [5.74, 6) is -1.11. The Balaban J connectivity index is 1.67. The second-order valence-corrected chi connectivity index (χ2v) is 9.59. The third-order valence-electron chi connectivity index (χ3n) is 6.01. The number of fused-ring (bicyclic) bond motifs is 1. The number of carbonyl (C=O) groups excluding carboxylic acids is 2. The number of aryl methyl sites for hydroxylation is 1. The molecular weight excluding hydrogens is 484 g/mol. The summed E-state index contributed by atoms with van der Waals surface area (Å²) in [5.41, 5.74) is 4.26. The number of anilines is 1. The zero-order valence-corrected chi connectivity index (χ0v) is 21.5. The van der Waals surface area contributed by atoms with E-state index < -0.39 is 11.9 Å². The Morgan fingerprint density at radius 3 is 2.51 bits per heavy atom. The molecule has 184 valence electrons. The lowest BCUT2D eigenvalue weighted by Crippen LogP contribution is -2.16. The second kappa shape index (κ2) is 10.9.